The zero-order chi connectivity index (χ0) is 13.8. The van der Waals surface area contributed by atoms with Gasteiger partial charge < -0.3 is 19.2 Å². The Balaban J connectivity index is 2.51. The van der Waals surface area contributed by atoms with Gasteiger partial charge in [-0.05, 0) is 12.1 Å². The molecule has 0 fully saturated rings. The second-order valence-electron chi connectivity index (χ2n) is 3.70. The molecular weight excluding hydrogens is 248 g/mol. The van der Waals surface area contributed by atoms with Crippen molar-refractivity contribution in [3.05, 3.63) is 18.3 Å². The van der Waals surface area contributed by atoms with Crippen LogP contribution in [0.3, 0.4) is 0 Å². The standard InChI is InChI=1S/C12H16N4O3/c1-17-9-4-7(5-10(18-2)11(9)19-3)8-6-14-12(15-8)16-13/h4-6H,13H2,1-3H3,(H2,14,15,16). The normalized spacial score (nSPS) is 10.1. The zero-order valence-corrected chi connectivity index (χ0v) is 11.0. The van der Waals surface area contributed by atoms with Crippen molar-refractivity contribution in [3.8, 4) is 28.5 Å². The van der Waals surface area contributed by atoms with Crippen molar-refractivity contribution in [3.63, 3.8) is 0 Å². The van der Waals surface area contributed by atoms with Gasteiger partial charge in [0.1, 0.15) is 0 Å². The molecule has 0 spiro atoms. The maximum atomic E-state index is 5.29. The number of hydrogen-bond acceptors (Lipinski definition) is 6. The monoisotopic (exact) mass is 264 g/mol. The fraction of sp³-hybridized carbons (Fsp3) is 0.250. The number of anilines is 1. The van der Waals surface area contributed by atoms with Crippen LogP contribution in [0.2, 0.25) is 0 Å². The Hall–Kier alpha value is -2.41. The molecule has 0 bridgehead atoms. The van der Waals surface area contributed by atoms with E-state index in [1.807, 2.05) is 12.1 Å². The third-order valence-corrected chi connectivity index (χ3v) is 2.69. The number of imidazole rings is 1. The molecule has 19 heavy (non-hydrogen) atoms. The predicted octanol–water partition coefficient (Wildman–Crippen LogP) is 1.39. The fourth-order valence-corrected chi connectivity index (χ4v) is 1.78. The quantitative estimate of drug-likeness (QED) is 0.558. The van der Waals surface area contributed by atoms with Gasteiger partial charge in [0, 0.05) is 5.56 Å². The molecule has 2 aromatic rings. The number of aromatic amines is 1. The lowest BCUT2D eigenvalue weighted by Gasteiger charge is -2.13. The highest BCUT2D eigenvalue weighted by atomic mass is 16.5. The topological polar surface area (TPSA) is 94.4 Å². The lowest BCUT2D eigenvalue weighted by molar-refractivity contribution is 0.324. The van der Waals surface area contributed by atoms with Crippen molar-refractivity contribution in [2.75, 3.05) is 26.8 Å². The van der Waals surface area contributed by atoms with Gasteiger partial charge in [-0.3, -0.25) is 5.43 Å². The molecule has 0 saturated carbocycles. The SMILES string of the molecule is COc1cc(-c2cnc(NN)[nH]2)cc(OC)c1OC. The summed E-state index contributed by atoms with van der Waals surface area (Å²) < 4.78 is 15.9. The third-order valence-electron chi connectivity index (χ3n) is 2.69. The van der Waals surface area contributed by atoms with Gasteiger partial charge in [-0.15, -0.1) is 0 Å². The number of aromatic nitrogens is 2. The molecular formula is C12H16N4O3. The van der Waals surface area contributed by atoms with Gasteiger partial charge in [-0.25, -0.2) is 10.8 Å². The van der Waals surface area contributed by atoms with Crippen LogP contribution in [-0.4, -0.2) is 31.3 Å². The molecule has 0 aliphatic carbocycles. The number of methoxy groups -OCH3 is 3. The highest BCUT2D eigenvalue weighted by Crippen LogP contribution is 2.40. The Morgan fingerprint density at radius 2 is 1.74 bits per heavy atom. The van der Waals surface area contributed by atoms with Crippen LogP contribution in [0.1, 0.15) is 0 Å². The van der Waals surface area contributed by atoms with Gasteiger partial charge >= 0.3 is 0 Å². The third kappa shape index (κ3) is 2.41. The molecule has 0 aliphatic rings. The van der Waals surface area contributed by atoms with Crippen molar-refractivity contribution in [2.24, 2.45) is 5.84 Å². The van der Waals surface area contributed by atoms with Crippen molar-refractivity contribution >= 4 is 5.95 Å². The van der Waals surface area contributed by atoms with Crippen LogP contribution in [0.25, 0.3) is 11.3 Å². The number of nitrogen functional groups attached to an aromatic ring is 1. The minimum absolute atomic E-state index is 0.476. The summed E-state index contributed by atoms with van der Waals surface area (Å²) in [4.78, 5) is 7.08. The van der Waals surface area contributed by atoms with E-state index in [4.69, 9.17) is 20.1 Å². The molecule has 7 nitrogen and oxygen atoms in total. The van der Waals surface area contributed by atoms with E-state index in [-0.39, 0.29) is 0 Å². The summed E-state index contributed by atoms with van der Waals surface area (Å²) in [6.07, 6.45) is 1.66. The average Bonchev–Trinajstić information content (AvgIpc) is 2.94. The molecule has 1 aromatic heterocycles. The van der Waals surface area contributed by atoms with Crippen molar-refractivity contribution < 1.29 is 14.2 Å². The highest BCUT2D eigenvalue weighted by Gasteiger charge is 2.15. The first-order valence-corrected chi connectivity index (χ1v) is 5.55. The summed E-state index contributed by atoms with van der Waals surface area (Å²) in [5, 5.41) is 0. The molecule has 4 N–H and O–H groups in total. The first kappa shape index (κ1) is 13.0. The number of nitrogens with two attached hydrogens (primary N) is 1. The summed E-state index contributed by atoms with van der Waals surface area (Å²) in [5.41, 5.74) is 4.08. The predicted molar refractivity (Wildman–Crippen MR) is 71.5 cm³/mol. The summed E-state index contributed by atoms with van der Waals surface area (Å²) in [6.45, 7) is 0. The summed E-state index contributed by atoms with van der Waals surface area (Å²) in [6, 6.07) is 3.66. The van der Waals surface area contributed by atoms with Gasteiger partial charge in [-0.2, -0.15) is 0 Å². The number of nitrogens with one attached hydrogen (secondary N) is 2. The smallest absolute Gasteiger partial charge is 0.215 e. The summed E-state index contributed by atoms with van der Waals surface area (Å²) >= 11 is 0. The maximum Gasteiger partial charge on any atom is 0.215 e. The van der Waals surface area contributed by atoms with Crippen LogP contribution in [0.15, 0.2) is 18.3 Å². The number of nitrogens with zero attached hydrogens (tertiary/aromatic N) is 1. The molecule has 1 aromatic carbocycles. The van der Waals surface area contributed by atoms with E-state index in [1.54, 1.807) is 27.5 Å². The summed E-state index contributed by atoms with van der Waals surface area (Å²) in [5.74, 6) is 7.46. The molecule has 0 unspecified atom stereocenters. The van der Waals surface area contributed by atoms with Crippen molar-refractivity contribution in [1.29, 1.82) is 0 Å². The molecule has 0 radical (unpaired) electrons. The highest BCUT2D eigenvalue weighted by molar-refractivity contribution is 5.69. The molecule has 0 amide bonds. The van der Waals surface area contributed by atoms with Crippen LogP contribution in [-0.2, 0) is 0 Å². The maximum absolute atomic E-state index is 5.29. The second kappa shape index (κ2) is 5.49. The Kier molecular flexibility index (Phi) is 3.76. The van der Waals surface area contributed by atoms with Gasteiger partial charge in [-0.1, -0.05) is 0 Å². The number of benzene rings is 1. The molecule has 0 atom stereocenters. The molecule has 0 aliphatic heterocycles. The number of ether oxygens (including phenoxy) is 3. The Bertz CT molecular complexity index is 543. The minimum Gasteiger partial charge on any atom is -0.493 e. The molecule has 1 heterocycles. The van der Waals surface area contributed by atoms with Gasteiger partial charge in [0.25, 0.3) is 0 Å². The van der Waals surface area contributed by atoms with Crippen LogP contribution in [0.5, 0.6) is 17.2 Å². The first-order chi connectivity index (χ1) is 9.23. The van der Waals surface area contributed by atoms with E-state index in [0.29, 0.717) is 23.2 Å². The minimum atomic E-state index is 0.476. The van der Waals surface area contributed by atoms with Crippen LogP contribution in [0.4, 0.5) is 5.95 Å². The zero-order valence-electron chi connectivity index (χ0n) is 11.0. The first-order valence-electron chi connectivity index (χ1n) is 5.55. The largest absolute Gasteiger partial charge is 0.493 e. The van der Waals surface area contributed by atoms with Crippen molar-refractivity contribution in [1.82, 2.24) is 9.97 Å². The average molecular weight is 264 g/mol. The lowest BCUT2D eigenvalue weighted by Crippen LogP contribution is -2.07. The number of rotatable bonds is 5. The van der Waals surface area contributed by atoms with E-state index < -0.39 is 0 Å². The van der Waals surface area contributed by atoms with E-state index in [1.165, 1.54) is 0 Å². The van der Waals surface area contributed by atoms with Crippen LogP contribution < -0.4 is 25.5 Å². The van der Waals surface area contributed by atoms with Gasteiger partial charge in [0.05, 0.1) is 33.2 Å². The van der Waals surface area contributed by atoms with E-state index in [2.05, 4.69) is 15.4 Å². The van der Waals surface area contributed by atoms with E-state index >= 15 is 0 Å². The van der Waals surface area contributed by atoms with Crippen LogP contribution >= 0.6 is 0 Å². The van der Waals surface area contributed by atoms with E-state index in [0.717, 1.165) is 11.3 Å². The molecule has 0 saturated heterocycles. The molecule has 7 heteroatoms. The van der Waals surface area contributed by atoms with Crippen molar-refractivity contribution in [2.45, 2.75) is 0 Å². The molecule has 2 rings (SSSR count). The number of hydrogen-bond donors (Lipinski definition) is 3. The second-order valence-corrected chi connectivity index (χ2v) is 3.70. The van der Waals surface area contributed by atoms with Crippen LogP contribution in [0, 0.1) is 0 Å². The Morgan fingerprint density at radius 3 is 2.16 bits per heavy atom. The lowest BCUT2D eigenvalue weighted by atomic mass is 10.1. The Morgan fingerprint density at radius 1 is 1.11 bits per heavy atom. The van der Waals surface area contributed by atoms with Gasteiger partial charge in [0.15, 0.2) is 11.5 Å². The summed E-state index contributed by atoms with van der Waals surface area (Å²) in [7, 11) is 4.70. The number of hydrazine groups is 1. The van der Waals surface area contributed by atoms with Gasteiger partial charge in [0.2, 0.25) is 11.7 Å². The fourth-order valence-electron chi connectivity index (χ4n) is 1.78. The molecule has 102 valence electrons. The number of H-pyrrole nitrogens is 1. The Labute approximate surface area is 110 Å². The van der Waals surface area contributed by atoms with E-state index in [9.17, 15) is 0 Å².